The molecule has 0 amide bonds. The highest BCUT2D eigenvalue weighted by atomic mass is 16.7. The lowest BCUT2D eigenvalue weighted by Gasteiger charge is -2.09. The lowest BCUT2D eigenvalue weighted by atomic mass is 10.1. The minimum absolute atomic E-state index is 0.233. The Bertz CT molecular complexity index is 956. The van der Waals surface area contributed by atoms with Gasteiger partial charge in [-0.2, -0.15) is 5.26 Å². The fourth-order valence-electron chi connectivity index (χ4n) is 2.90. The molecule has 120 valence electrons. The number of nitriles is 1. The van der Waals surface area contributed by atoms with Crippen LogP contribution in [-0.2, 0) is 17.9 Å². The van der Waals surface area contributed by atoms with E-state index in [1.807, 2.05) is 30.3 Å². The van der Waals surface area contributed by atoms with Gasteiger partial charge in [0, 0.05) is 25.8 Å². The molecular weight excluding hydrogens is 306 g/mol. The Morgan fingerprint density at radius 1 is 1.25 bits per heavy atom. The molecule has 0 saturated heterocycles. The first-order chi connectivity index (χ1) is 11.8. The van der Waals surface area contributed by atoms with Gasteiger partial charge in [0.05, 0.1) is 22.7 Å². The van der Waals surface area contributed by atoms with E-state index in [4.69, 9.17) is 19.5 Å². The second-order valence-corrected chi connectivity index (χ2v) is 5.55. The Labute approximate surface area is 138 Å². The van der Waals surface area contributed by atoms with Gasteiger partial charge in [-0.3, -0.25) is 0 Å². The molecule has 3 aromatic rings. The first kappa shape index (κ1) is 14.5. The van der Waals surface area contributed by atoms with Crippen molar-refractivity contribution in [2.45, 2.75) is 13.2 Å². The minimum atomic E-state index is 0.233. The Hall–Kier alpha value is -3.04. The lowest BCUT2D eigenvalue weighted by molar-refractivity contribution is 0.173. The van der Waals surface area contributed by atoms with Crippen molar-refractivity contribution in [3.8, 4) is 17.6 Å². The maximum absolute atomic E-state index is 9.08. The van der Waals surface area contributed by atoms with E-state index in [2.05, 4.69) is 15.6 Å². The number of aromatic nitrogens is 2. The molecule has 0 unspecified atom stereocenters. The van der Waals surface area contributed by atoms with Gasteiger partial charge in [0.1, 0.15) is 12.4 Å². The zero-order valence-corrected chi connectivity index (χ0v) is 13.2. The quantitative estimate of drug-likeness (QED) is 0.739. The van der Waals surface area contributed by atoms with Crippen molar-refractivity contribution in [1.82, 2.24) is 9.55 Å². The van der Waals surface area contributed by atoms with Crippen molar-refractivity contribution < 1.29 is 14.2 Å². The molecule has 0 radical (unpaired) electrons. The molecular formula is C18H15N3O3. The summed E-state index contributed by atoms with van der Waals surface area (Å²) in [6, 6.07) is 13.6. The highest BCUT2D eigenvalue weighted by molar-refractivity contribution is 5.81. The smallest absolute Gasteiger partial charge is 0.231 e. The average molecular weight is 321 g/mol. The van der Waals surface area contributed by atoms with Gasteiger partial charge < -0.3 is 18.8 Å². The molecule has 6 nitrogen and oxygen atoms in total. The average Bonchev–Trinajstić information content (AvgIpc) is 3.18. The summed E-state index contributed by atoms with van der Waals surface area (Å²) in [7, 11) is 1.65. The normalized spacial score (nSPS) is 12.5. The molecule has 6 heteroatoms. The zero-order chi connectivity index (χ0) is 16.5. The van der Waals surface area contributed by atoms with Crippen LogP contribution in [0.2, 0.25) is 0 Å². The molecule has 4 rings (SSSR count). The van der Waals surface area contributed by atoms with Crippen LogP contribution in [0.3, 0.4) is 0 Å². The molecule has 1 aliphatic rings. The summed E-state index contributed by atoms with van der Waals surface area (Å²) >= 11 is 0. The number of benzene rings is 2. The third kappa shape index (κ3) is 2.45. The van der Waals surface area contributed by atoms with E-state index in [9.17, 15) is 0 Å². The molecule has 0 saturated carbocycles. The maximum atomic E-state index is 9.08. The second-order valence-electron chi connectivity index (χ2n) is 5.55. The third-order valence-corrected chi connectivity index (χ3v) is 3.99. The van der Waals surface area contributed by atoms with E-state index in [1.165, 1.54) is 0 Å². The standard InChI is InChI=1S/C18H15N3O3/c1-22-10-18-20-14-6-16-17(24-11-23-16)7-15(14)21(18)9-13-4-2-3-12(5-13)8-19/h2-7H,9-11H2,1H3. The summed E-state index contributed by atoms with van der Waals surface area (Å²) in [5.41, 5.74) is 3.46. The Kier molecular flexibility index (Phi) is 3.56. The fraction of sp³-hybridized carbons (Fsp3) is 0.222. The van der Waals surface area contributed by atoms with Crippen LogP contribution >= 0.6 is 0 Å². The van der Waals surface area contributed by atoms with Gasteiger partial charge in [0.2, 0.25) is 6.79 Å². The van der Waals surface area contributed by atoms with E-state index in [0.717, 1.165) is 28.2 Å². The minimum Gasteiger partial charge on any atom is -0.454 e. The molecule has 0 atom stereocenters. The number of methoxy groups -OCH3 is 1. The molecule has 0 aliphatic carbocycles. The monoisotopic (exact) mass is 321 g/mol. The summed E-state index contributed by atoms with van der Waals surface area (Å²) in [4.78, 5) is 4.66. The molecule has 2 aromatic carbocycles. The van der Waals surface area contributed by atoms with Crippen molar-refractivity contribution in [1.29, 1.82) is 5.26 Å². The first-order valence-corrected chi connectivity index (χ1v) is 7.55. The van der Waals surface area contributed by atoms with Gasteiger partial charge in [0.15, 0.2) is 11.5 Å². The molecule has 1 aliphatic heterocycles. The number of rotatable bonds is 4. The molecule has 0 fully saturated rings. The predicted octanol–water partition coefficient (Wildman–Crippen LogP) is 2.83. The van der Waals surface area contributed by atoms with Gasteiger partial charge >= 0.3 is 0 Å². The highest BCUT2D eigenvalue weighted by Crippen LogP contribution is 2.36. The third-order valence-electron chi connectivity index (χ3n) is 3.99. The molecule has 0 N–H and O–H groups in total. The Morgan fingerprint density at radius 3 is 2.88 bits per heavy atom. The van der Waals surface area contributed by atoms with E-state index >= 15 is 0 Å². The maximum Gasteiger partial charge on any atom is 0.231 e. The number of fused-ring (bicyclic) bond motifs is 2. The number of ether oxygens (including phenoxy) is 3. The number of hydrogen-bond donors (Lipinski definition) is 0. The van der Waals surface area contributed by atoms with Gasteiger partial charge in [-0.15, -0.1) is 0 Å². The van der Waals surface area contributed by atoms with Gasteiger partial charge in [0.25, 0.3) is 0 Å². The highest BCUT2D eigenvalue weighted by Gasteiger charge is 2.19. The summed E-state index contributed by atoms with van der Waals surface area (Å²) in [6.45, 7) is 1.24. The van der Waals surface area contributed by atoms with Crippen LogP contribution < -0.4 is 9.47 Å². The van der Waals surface area contributed by atoms with E-state index in [0.29, 0.717) is 24.5 Å². The molecule has 0 spiro atoms. The SMILES string of the molecule is COCc1nc2cc3c(cc2n1Cc1cccc(C#N)c1)OCO3. The largest absolute Gasteiger partial charge is 0.454 e. The predicted molar refractivity (Wildman–Crippen MR) is 86.8 cm³/mol. The number of imidazole rings is 1. The topological polar surface area (TPSA) is 69.3 Å². The van der Waals surface area contributed by atoms with Gasteiger partial charge in [-0.1, -0.05) is 12.1 Å². The molecule has 2 heterocycles. The van der Waals surface area contributed by atoms with Crippen LogP contribution in [0, 0.1) is 11.3 Å². The summed E-state index contributed by atoms with van der Waals surface area (Å²) in [5, 5.41) is 9.08. The second kappa shape index (κ2) is 5.87. The molecule has 1 aromatic heterocycles. The van der Waals surface area contributed by atoms with Crippen molar-refractivity contribution in [2.24, 2.45) is 0 Å². The van der Waals surface area contributed by atoms with E-state index in [1.54, 1.807) is 13.2 Å². The van der Waals surface area contributed by atoms with E-state index < -0.39 is 0 Å². The van der Waals surface area contributed by atoms with Crippen LogP contribution in [0.15, 0.2) is 36.4 Å². The van der Waals surface area contributed by atoms with Crippen LogP contribution in [0.5, 0.6) is 11.5 Å². The van der Waals surface area contributed by atoms with Crippen molar-refractivity contribution in [3.05, 3.63) is 53.3 Å². The number of nitrogens with zero attached hydrogens (tertiary/aromatic N) is 3. The van der Waals surface area contributed by atoms with Crippen LogP contribution in [-0.4, -0.2) is 23.5 Å². The summed E-state index contributed by atoms with van der Waals surface area (Å²) in [6.07, 6.45) is 0. The van der Waals surface area contributed by atoms with Crippen molar-refractivity contribution >= 4 is 11.0 Å². The van der Waals surface area contributed by atoms with Crippen LogP contribution in [0.1, 0.15) is 17.0 Å². The van der Waals surface area contributed by atoms with Crippen molar-refractivity contribution in [3.63, 3.8) is 0 Å². The van der Waals surface area contributed by atoms with Gasteiger partial charge in [-0.25, -0.2) is 4.98 Å². The molecule has 24 heavy (non-hydrogen) atoms. The Balaban J connectivity index is 1.82. The fourth-order valence-corrected chi connectivity index (χ4v) is 2.90. The van der Waals surface area contributed by atoms with E-state index in [-0.39, 0.29) is 6.79 Å². The summed E-state index contributed by atoms with van der Waals surface area (Å²) < 4.78 is 18.3. The van der Waals surface area contributed by atoms with Crippen LogP contribution in [0.25, 0.3) is 11.0 Å². The zero-order valence-electron chi connectivity index (χ0n) is 13.2. The first-order valence-electron chi connectivity index (χ1n) is 7.55. The van der Waals surface area contributed by atoms with Gasteiger partial charge in [-0.05, 0) is 17.7 Å². The lowest BCUT2D eigenvalue weighted by Crippen LogP contribution is -2.06. The molecule has 0 bridgehead atoms. The van der Waals surface area contributed by atoms with Crippen molar-refractivity contribution in [2.75, 3.05) is 13.9 Å². The summed E-state index contributed by atoms with van der Waals surface area (Å²) in [5.74, 6) is 2.25. The van der Waals surface area contributed by atoms with Crippen LogP contribution in [0.4, 0.5) is 0 Å². The Morgan fingerprint density at radius 2 is 2.08 bits per heavy atom. The number of hydrogen-bond acceptors (Lipinski definition) is 5.